The van der Waals surface area contributed by atoms with Crippen molar-refractivity contribution in [3.05, 3.63) is 101 Å². The van der Waals surface area contributed by atoms with Crippen molar-refractivity contribution in [3.63, 3.8) is 0 Å². The van der Waals surface area contributed by atoms with E-state index in [9.17, 15) is 14.7 Å². The van der Waals surface area contributed by atoms with Gasteiger partial charge in [0.05, 0.1) is 18.2 Å². The number of ketones is 1. The van der Waals surface area contributed by atoms with Gasteiger partial charge in [0.1, 0.15) is 23.4 Å². The molecule has 6 heteroatoms. The number of amides is 1. The molecule has 0 aromatic heterocycles. The topological polar surface area (TPSA) is 76.1 Å². The highest BCUT2D eigenvalue weighted by molar-refractivity contribution is 6.46. The molecule has 2 atom stereocenters. The molecule has 2 aliphatic rings. The third-order valence-electron chi connectivity index (χ3n) is 6.85. The normalized spacial score (nSPS) is 20.1. The van der Waals surface area contributed by atoms with E-state index >= 15 is 0 Å². The lowest BCUT2D eigenvalue weighted by Gasteiger charge is -2.26. The number of nitrogens with zero attached hydrogens (tertiary/aromatic N) is 1. The minimum Gasteiger partial charge on any atom is -0.507 e. The third-order valence-corrected chi connectivity index (χ3v) is 6.85. The SMILES string of the molecule is CCCCOc1cccc([C@H]2C(=C(O)c3ccc4c(c3)C[C@@H](C)O4)C(=O)C(=O)N2Cc2ccccc2)c1. The van der Waals surface area contributed by atoms with Gasteiger partial charge in [-0.25, -0.2) is 0 Å². The van der Waals surface area contributed by atoms with E-state index in [1.807, 2.05) is 73.7 Å². The van der Waals surface area contributed by atoms with Gasteiger partial charge in [0, 0.05) is 18.5 Å². The summed E-state index contributed by atoms with van der Waals surface area (Å²) in [5, 5.41) is 11.5. The Morgan fingerprint density at radius 2 is 1.86 bits per heavy atom. The lowest BCUT2D eigenvalue weighted by Crippen LogP contribution is -2.29. The summed E-state index contributed by atoms with van der Waals surface area (Å²) in [6.07, 6.45) is 2.72. The van der Waals surface area contributed by atoms with Gasteiger partial charge in [0.15, 0.2) is 0 Å². The number of aliphatic hydroxyl groups is 1. The molecule has 0 saturated carbocycles. The first-order chi connectivity index (χ1) is 18.0. The zero-order valence-corrected chi connectivity index (χ0v) is 21.1. The maximum absolute atomic E-state index is 13.4. The number of aliphatic hydroxyl groups excluding tert-OH is 1. The van der Waals surface area contributed by atoms with Crippen molar-refractivity contribution in [2.45, 2.75) is 51.8 Å². The van der Waals surface area contributed by atoms with Gasteiger partial charge in [-0.05, 0) is 60.4 Å². The maximum Gasteiger partial charge on any atom is 0.295 e. The van der Waals surface area contributed by atoms with Crippen LogP contribution in [0.1, 0.15) is 55.0 Å². The molecule has 6 nitrogen and oxygen atoms in total. The quantitative estimate of drug-likeness (QED) is 0.184. The first-order valence-electron chi connectivity index (χ1n) is 12.8. The van der Waals surface area contributed by atoms with Gasteiger partial charge in [-0.15, -0.1) is 0 Å². The van der Waals surface area contributed by atoms with Crippen LogP contribution in [-0.4, -0.2) is 34.4 Å². The minimum absolute atomic E-state index is 0.0549. The molecule has 0 radical (unpaired) electrons. The molecule has 0 spiro atoms. The Kier molecular flexibility index (Phi) is 6.99. The van der Waals surface area contributed by atoms with E-state index in [0.717, 1.165) is 36.1 Å². The molecule has 190 valence electrons. The molecule has 5 rings (SSSR count). The largest absolute Gasteiger partial charge is 0.507 e. The first kappa shape index (κ1) is 24.6. The van der Waals surface area contributed by atoms with Crippen molar-refractivity contribution in [1.82, 2.24) is 4.90 Å². The number of unbranched alkanes of at least 4 members (excludes halogenated alkanes) is 1. The maximum atomic E-state index is 13.4. The number of fused-ring (bicyclic) bond motifs is 1. The number of carbonyl (C=O) groups excluding carboxylic acids is 2. The number of Topliss-reactive ketones (excluding diaryl/α,β-unsaturated/α-hetero) is 1. The van der Waals surface area contributed by atoms with Crippen molar-refractivity contribution < 1.29 is 24.2 Å². The van der Waals surface area contributed by atoms with Crippen LogP contribution in [0.4, 0.5) is 0 Å². The van der Waals surface area contributed by atoms with Crippen molar-refractivity contribution in [1.29, 1.82) is 0 Å². The average Bonchev–Trinajstić information content (AvgIpc) is 3.40. The van der Waals surface area contributed by atoms with E-state index in [4.69, 9.17) is 9.47 Å². The summed E-state index contributed by atoms with van der Waals surface area (Å²) in [6.45, 7) is 4.91. The highest BCUT2D eigenvalue weighted by Crippen LogP contribution is 2.42. The Labute approximate surface area is 217 Å². The number of carbonyl (C=O) groups is 2. The Balaban J connectivity index is 1.59. The summed E-state index contributed by atoms with van der Waals surface area (Å²) in [4.78, 5) is 28.3. The average molecular weight is 498 g/mol. The number of likely N-dealkylation sites (tertiary alicyclic amines) is 1. The van der Waals surface area contributed by atoms with Crippen LogP contribution in [0.15, 0.2) is 78.4 Å². The van der Waals surface area contributed by atoms with E-state index in [1.165, 1.54) is 4.90 Å². The van der Waals surface area contributed by atoms with Gasteiger partial charge in [-0.1, -0.05) is 55.8 Å². The number of ether oxygens (including phenoxy) is 2. The van der Waals surface area contributed by atoms with Crippen molar-refractivity contribution in [2.24, 2.45) is 0 Å². The van der Waals surface area contributed by atoms with Gasteiger partial charge in [0.25, 0.3) is 11.7 Å². The highest BCUT2D eigenvalue weighted by atomic mass is 16.5. The predicted octanol–water partition coefficient (Wildman–Crippen LogP) is 5.81. The van der Waals surface area contributed by atoms with Crippen molar-refractivity contribution in [2.75, 3.05) is 6.61 Å². The fraction of sp³-hybridized carbons (Fsp3) is 0.290. The summed E-state index contributed by atoms with van der Waals surface area (Å²) in [7, 11) is 0. The van der Waals surface area contributed by atoms with Crippen LogP contribution >= 0.6 is 0 Å². The summed E-state index contributed by atoms with van der Waals surface area (Å²) in [5.41, 5.74) is 3.16. The molecule has 2 aliphatic heterocycles. The summed E-state index contributed by atoms with van der Waals surface area (Å²) < 4.78 is 11.7. The number of benzene rings is 3. The monoisotopic (exact) mass is 497 g/mol. The predicted molar refractivity (Wildman–Crippen MR) is 141 cm³/mol. The van der Waals surface area contributed by atoms with Crippen LogP contribution < -0.4 is 9.47 Å². The van der Waals surface area contributed by atoms with E-state index in [2.05, 4.69) is 6.92 Å². The number of hydrogen-bond acceptors (Lipinski definition) is 5. The van der Waals surface area contributed by atoms with E-state index < -0.39 is 17.7 Å². The lowest BCUT2D eigenvalue weighted by atomic mass is 9.94. The van der Waals surface area contributed by atoms with Crippen LogP contribution in [0.3, 0.4) is 0 Å². The van der Waals surface area contributed by atoms with Crippen LogP contribution in [-0.2, 0) is 22.6 Å². The minimum atomic E-state index is -0.752. The fourth-order valence-electron chi connectivity index (χ4n) is 5.00. The van der Waals surface area contributed by atoms with Gasteiger partial charge < -0.3 is 19.5 Å². The zero-order valence-electron chi connectivity index (χ0n) is 21.1. The molecule has 2 heterocycles. The van der Waals surface area contributed by atoms with E-state index in [1.54, 1.807) is 6.07 Å². The second-order valence-corrected chi connectivity index (χ2v) is 9.64. The fourth-order valence-corrected chi connectivity index (χ4v) is 5.00. The van der Waals surface area contributed by atoms with E-state index in [-0.39, 0.29) is 24.0 Å². The molecule has 0 bridgehead atoms. The van der Waals surface area contributed by atoms with Crippen LogP contribution in [0.25, 0.3) is 5.76 Å². The van der Waals surface area contributed by atoms with Crippen LogP contribution in [0, 0.1) is 0 Å². The molecular formula is C31H31NO5. The molecule has 3 aromatic rings. The second-order valence-electron chi connectivity index (χ2n) is 9.64. The first-order valence-corrected chi connectivity index (χ1v) is 12.8. The van der Waals surface area contributed by atoms with Crippen molar-refractivity contribution in [3.8, 4) is 11.5 Å². The second kappa shape index (κ2) is 10.5. The number of hydrogen-bond donors (Lipinski definition) is 1. The van der Waals surface area contributed by atoms with Crippen molar-refractivity contribution >= 4 is 17.4 Å². The van der Waals surface area contributed by atoms with Gasteiger partial charge in [-0.2, -0.15) is 0 Å². The Hall–Kier alpha value is -4.06. The molecule has 37 heavy (non-hydrogen) atoms. The zero-order chi connectivity index (χ0) is 25.9. The summed E-state index contributed by atoms with van der Waals surface area (Å²) in [5.74, 6) is -0.0628. The molecule has 0 aliphatic carbocycles. The van der Waals surface area contributed by atoms with E-state index in [0.29, 0.717) is 23.5 Å². The lowest BCUT2D eigenvalue weighted by molar-refractivity contribution is -0.140. The molecule has 1 N–H and O–H groups in total. The molecule has 0 unspecified atom stereocenters. The smallest absolute Gasteiger partial charge is 0.295 e. The van der Waals surface area contributed by atoms with Gasteiger partial charge in [0.2, 0.25) is 0 Å². The van der Waals surface area contributed by atoms with Crippen LogP contribution in [0.2, 0.25) is 0 Å². The molecule has 3 aromatic carbocycles. The molecule has 1 amide bonds. The molecule has 1 fully saturated rings. The van der Waals surface area contributed by atoms with Gasteiger partial charge in [-0.3, -0.25) is 9.59 Å². The molecule has 1 saturated heterocycles. The molecular weight excluding hydrogens is 466 g/mol. The summed E-state index contributed by atoms with van der Waals surface area (Å²) in [6, 6.07) is 21.6. The number of rotatable bonds is 8. The standard InChI is InChI=1S/C31H31NO5/c1-3-4-15-36-25-12-8-11-22(18-25)28-27(29(33)23-13-14-26-24(17-23)16-20(2)37-26)30(34)31(35)32(28)19-21-9-6-5-7-10-21/h5-14,17-18,20,28,33H,3-4,15-16,19H2,1-2H3/t20-,28+/m1/s1. The van der Waals surface area contributed by atoms with Gasteiger partial charge >= 0.3 is 0 Å². The Morgan fingerprint density at radius 3 is 2.65 bits per heavy atom. The highest BCUT2D eigenvalue weighted by Gasteiger charge is 2.46. The Bertz CT molecular complexity index is 1350. The van der Waals surface area contributed by atoms with Crippen LogP contribution in [0.5, 0.6) is 11.5 Å². The Morgan fingerprint density at radius 1 is 1.05 bits per heavy atom. The summed E-state index contributed by atoms with van der Waals surface area (Å²) >= 11 is 0. The third kappa shape index (κ3) is 4.96.